The van der Waals surface area contributed by atoms with E-state index in [4.69, 9.17) is 9.47 Å². The van der Waals surface area contributed by atoms with Crippen molar-refractivity contribution in [1.82, 2.24) is 9.97 Å². The van der Waals surface area contributed by atoms with Crippen molar-refractivity contribution in [3.8, 4) is 5.88 Å². The maximum atomic E-state index is 5.44. The molecule has 0 aliphatic heterocycles. The van der Waals surface area contributed by atoms with Crippen LogP contribution in [0, 0.1) is 0 Å². The van der Waals surface area contributed by atoms with Gasteiger partial charge in [0.15, 0.2) is 0 Å². The number of anilines is 1. The van der Waals surface area contributed by atoms with Crippen molar-refractivity contribution in [3.05, 3.63) is 12.3 Å². The van der Waals surface area contributed by atoms with E-state index in [-0.39, 0.29) is 0 Å². The number of alkyl halides is 1. The Bertz CT molecular complexity index is 339. The van der Waals surface area contributed by atoms with Crippen LogP contribution in [0.2, 0.25) is 0 Å². The Labute approximate surface area is 117 Å². The van der Waals surface area contributed by atoms with Gasteiger partial charge < -0.3 is 14.4 Å². The second-order valence-corrected chi connectivity index (χ2v) is 4.30. The second-order valence-electron chi connectivity index (χ2n) is 3.51. The molecule has 18 heavy (non-hydrogen) atoms. The summed E-state index contributed by atoms with van der Waals surface area (Å²) in [5, 5.41) is 0.857. The normalized spacial score (nSPS) is 10.4. The monoisotopic (exact) mass is 317 g/mol. The van der Waals surface area contributed by atoms with Gasteiger partial charge in [0.2, 0.25) is 11.8 Å². The van der Waals surface area contributed by atoms with Gasteiger partial charge in [0.05, 0.1) is 19.8 Å². The third-order valence-electron chi connectivity index (χ3n) is 2.30. The predicted octanol–water partition coefficient (Wildman–Crippen LogP) is 2.11. The van der Waals surface area contributed by atoms with Crippen molar-refractivity contribution in [2.75, 3.05) is 43.1 Å². The van der Waals surface area contributed by atoms with Gasteiger partial charge in [-0.05, 0) is 13.8 Å². The summed E-state index contributed by atoms with van der Waals surface area (Å²) in [5.74, 6) is 1.30. The molecule has 0 bridgehead atoms. The van der Waals surface area contributed by atoms with Crippen LogP contribution in [0.15, 0.2) is 12.3 Å². The molecule has 0 unspecified atom stereocenters. The molecule has 0 aliphatic rings. The Hall–Kier alpha value is -0.880. The summed E-state index contributed by atoms with van der Waals surface area (Å²) < 4.78 is 10.8. The fourth-order valence-corrected chi connectivity index (χ4v) is 1.67. The first-order valence-electron chi connectivity index (χ1n) is 6.16. The molecule has 6 heteroatoms. The lowest BCUT2D eigenvalue weighted by Crippen LogP contribution is -2.29. The first-order chi connectivity index (χ1) is 8.81. The van der Waals surface area contributed by atoms with Crippen LogP contribution in [0.3, 0.4) is 0 Å². The average Bonchev–Trinajstić information content (AvgIpc) is 2.40. The molecule has 1 aromatic rings. The van der Waals surface area contributed by atoms with Gasteiger partial charge in [-0.25, -0.2) is 4.98 Å². The van der Waals surface area contributed by atoms with Gasteiger partial charge in [-0.2, -0.15) is 4.98 Å². The van der Waals surface area contributed by atoms with Gasteiger partial charge in [-0.3, -0.25) is 0 Å². The first kappa shape index (κ1) is 15.2. The average molecular weight is 318 g/mol. The minimum absolute atomic E-state index is 0.608. The molecule has 0 saturated heterocycles. The van der Waals surface area contributed by atoms with E-state index in [0.29, 0.717) is 25.0 Å². The molecule has 0 spiro atoms. The van der Waals surface area contributed by atoms with Gasteiger partial charge in [-0.1, -0.05) is 15.9 Å². The smallest absolute Gasteiger partial charge is 0.228 e. The lowest BCUT2D eigenvalue weighted by molar-refractivity contribution is 0.157. The highest BCUT2D eigenvalue weighted by Crippen LogP contribution is 2.12. The zero-order chi connectivity index (χ0) is 13.2. The third-order valence-corrected chi connectivity index (χ3v) is 2.62. The number of hydrogen-bond acceptors (Lipinski definition) is 5. The van der Waals surface area contributed by atoms with Crippen LogP contribution in [0.25, 0.3) is 0 Å². The number of ether oxygens (including phenoxy) is 2. The fourth-order valence-electron chi connectivity index (χ4n) is 1.44. The van der Waals surface area contributed by atoms with Crippen molar-refractivity contribution in [3.63, 3.8) is 0 Å². The zero-order valence-electron chi connectivity index (χ0n) is 10.9. The number of rotatable bonds is 9. The van der Waals surface area contributed by atoms with Crippen LogP contribution < -0.4 is 9.64 Å². The van der Waals surface area contributed by atoms with Crippen molar-refractivity contribution in [2.45, 2.75) is 13.8 Å². The van der Waals surface area contributed by atoms with Crippen molar-refractivity contribution < 1.29 is 9.47 Å². The van der Waals surface area contributed by atoms with E-state index in [0.717, 1.165) is 25.0 Å². The molecule has 0 aliphatic carbocycles. The van der Waals surface area contributed by atoms with Gasteiger partial charge in [0, 0.05) is 30.7 Å². The molecule has 1 aromatic heterocycles. The molecule has 0 radical (unpaired) electrons. The summed E-state index contributed by atoms with van der Waals surface area (Å²) in [5.41, 5.74) is 0. The summed E-state index contributed by atoms with van der Waals surface area (Å²) in [6, 6.07) is 1.77. The highest BCUT2D eigenvalue weighted by Gasteiger charge is 2.08. The maximum Gasteiger partial charge on any atom is 0.228 e. The Morgan fingerprint density at radius 3 is 2.83 bits per heavy atom. The van der Waals surface area contributed by atoms with Crippen LogP contribution in [0.5, 0.6) is 5.88 Å². The number of aromatic nitrogens is 2. The van der Waals surface area contributed by atoms with Crippen molar-refractivity contribution >= 4 is 21.9 Å². The highest BCUT2D eigenvalue weighted by atomic mass is 79.9. The Kier molecular flexibility index (Phi) is 7.68. The van der Waals surface area contributed by atoms with Crippen LogP contribution in [0.4, 0.5) is 5.95 Å². The number of halogens is 1. The Balaban J connectivity index is 2.54. The summed E-state index contributed by atoms with van der Waals surface area (Å²) in [7, 11) is 0. The topological polar surface area (TPSA) is 47.5 Å². The molecule has 0 saturated carbocycles. The summed E-state index contributed by atoms with van der Waals surface area (Å²) in [6.45, 7) is 7.62. The Morgan fingerprint density at radius 1 is 1.33 bits per heavy atom. The van der Waals surface area contributed by atoms with E-state index in [1.165, 1.54) is 0 Å². The molecule has 0 amide bonds. The first-order valence-corrected chi connectivity index (χ1v) is 7.28. The lowest BCUT2D eigenvalue weighted by Gasteiger charge is -2.20. The van der Waals surface area contributed by atoms with E-state index in [9.17, 15) is 0 Å². The molecule has 102 valence electrons. The zero-order valence-corrected chi connectivity index (χ0v) is 12.5. The minimum atomic E-state index is 0.608. The predicted molar refractivity (Wildman–Crippen MR) is 75.7 cm³/mol. The van der Waals surface area contributed by atoms with Crippen LogP contribution in [-0.4, -0.2) is 48.2 Å². The molecule has 0 fully saturated rings. The van der Waals surface area contributed by atoms with E-state index in [1.807, 2.05) is 6.92 Å². The molecule has 0 atom stereocenters. The fraction of sp³-hybridized carbons (Fsp3) is 0.667. The molecular weight excluding hydrogens is 298 g/mol. The third kappa shape index (κ3) is 5.18. The number of hydrogen-bond donors (Lipinski definition) is 0. The van der Waals surface area contributed by atoms with E-state index < -0.39 is 0 Å². The number of nitrogens with zero attached hydrogens (tertiary/aromatic N) is 3. The van der Waals surface area contributed by atoms with E-state index in [2.05, 4.69) is 37.7 Å². The van der Waals surface area contributed by atoms with E-state index in [1.54, 1.807) is 12.3 Å². The molecule has 0 N–H and O–H groups in total. The molecule has 1 rings (SSSR count). The van der Waals surface area contributed by atoms with Crippen LogP contribution >= 0.6 is 15.9 Å². The highest BCUT2D eigenvalue weighted by molar-refractivity contribution is 9.09. The molecule has 1 heterocycles. The molecular formula is C12H20BrN3O2. The second kappa shape index (κ2) is 9.10. The molecule has 5 nitrogen and oxygen atoms in total. The maximum absolute atomic E-state index is 5.44. The summed E-state index contributed by atoms with van der Waals surface area (Å²) in [6.07, 6.45) is 1.72. The van der Waals surface area contributed by atoms with E-state index >= 15 is 0 Å². The Morgan fingerprint density at radius 2 is 2.17 bits per heavy atom. The standard InChI is InChI=1S/C12H20BrN3O2/c1-3-16(8-10-17-9-6-13)12-14-7-5-11(15-12)18-4-2/h5,7H,3-4,6,8-10H2,1-2H3. The van der Waals surface area contributed by atoms with Gasteiger partial charge >= 0.3 is 0 Å². The van der Waals surface area contributed by atoms with Crippen molar-refractivity contribution in [1.29, 1.82) is 0 Å². The quantitative estimate of drug-likeness (QED) is 0.515. The minimum Gasteiger partial charge on any atom is -0.478 e. The van der Waals surface area contributed by atoms with Crippen LogP contribution in [-0.2, 0) is 4.74 Å². The van der Waals surface area contributed by atoms with Crippen LogP contribution in [0.1, 0.15) is 13.8 Å². The summed E-state index contributed by atoms with van der Waals surface area (Å²) >= 11 is 3.33. The molecule has 0 aromatic carbocycles. The number of likely N-dealkylation sites (N-methyl/N-ethyl adjacent to an activating group) is 1. The van der Waals surface area contributed by atoms with Crippen molar-refractivity contribution in [2.24, 2.45) is 0 Å². The SMILES string of the molecule is CCOc1ccnc(N(CC)CCOCCBr)n1. The largest absolute Gasteiger partial charge is 0.478 e. The van der Waals surface area contributed by atoms with Gasteiger partial charge in [0.25, 0.3) is 0 Å². The summed E-state index contributed by atoms with van der Waals surface area (Å²) in [4.78, 5) is 10.7. The lowest BCUT2D eigenvalue weighted by atomic mass is 10.5. The van der Waals surface area contributed by atoms with Gasteiger partial charge in [0.1, 0.15) is 0 Å². The van der Waals surface area contributed by atoms with Gasteiger partial charge in [-0.15, -0.1) is 0 Å².